The van der Waals surface area contributed by atoms with E-state index in [9.17, 15) is 14.4 Å². The number of quaternary nitrogens is 2. The van der Waals surface area contributed by atoms with Gasteiger partial charge in [-0.25, -0.2) is 9.59 Å². The van der Waals surface area contributed by atoms with Crippen LogP contribution in [0.4, 0.5) is 0 Å². The molecule has 0 radical (unpaired) electrons. The maximum Gasteiger partial charge on any atom is 0.362 e. The molecule has 0 aromatic heterocycles. The van der Waals surface area contributed by atoms with E-state index in [4.69, 9.17) is 14.2 Å². The first-order valence-corrected chi connectivity index (χ1v) is 20.4. The minimum absolute atomic E-state index is 0.00419. The van der Waals surface area contributed by atoms with E-state index in [1.807, 2.05) is 0 Å². The van der Waals surface area contributed by atoms with Gasteiger partial charge in [-0.2, -0.15) is 0 Å². The molecule has 6 aliphatic rings. The van der Waals surface area contributed by atoms with Gasteiger partial charge in [0, 0.05) is 11.8 Å². The van der Waals surface area contributed by atoms with E-state index >= 15 is 0 Å². The van der Waals surface area contributed by atoms with E-state index in [0.29, 0.717) is 55.0 Å². The van der Waals surface area contributed by atoms with Crippen molar-refractivity contribution >= 4 is 17.9 Å². The van der Waals surface area contributed by atoms with Crippen molar-refractivity contribution in [2.24, 2.45) is 46.3 Å². The molecule has 278 valence electrons. The lowest BCUT2D eigenvalue weighted by atomic mass is 9.43. The topological polar surface area (TPSA) is 78.9 Å². The summed E-state index contributed by atoms with van der Waals surface area (Å²) in [6, 6.07) is 0. The van der Waals surface area contributed by atoms with E-state index in [0.717, 1.165) is 73.7 Å². The molecule has 4 aliphatic carbocycles. The molecule has 2 heterocycles. The Labute approximate surface area is 297 Å². The van der Waals surface area contributed by atoms with Crippen molar-refractivity contribution in [1.82, 2.24) is 0 Å². The second-order valence-electron chi connectivity index (χ2n) is 19.0. The van der Waals surface area contributed by atoms with Crippen molar-refractivity contribution in [2.75, 3.05) is 60.5 Å². The lowest BCUT2D eigenvalue weighted by Gasteiger charge is -2.63. The van der Waals surface area contributed by atoms with Crippen LogP contribution in [0.3, 0.4) is 0 Å². The van der Waals surface area contributed by atoms with E-state index in [-0.39, 0.29) is 40.9 Å². The molecule has 0 unspecified atom stereocenters. The summed E-state index contributed by atoms with van der Waals surface area (Å²) in [6.07, 6.45) is 17.2. The number of methoxy groups -OCH3 is 1. The predicted molar refractivity (Wildman–Crippen MR) is 190 cm³/mol. The van der Waals surface area contributed by atoms with Gasteiger partial charge >= 0.3 is 17.9 Å². The first-order chi connectivity index (χ1) is 23.3. The van der Waals surface area contributed by atoms with E-state index in [1.165, 1.54) is 64.9 Å². The summed E-state index contributed by atoms with van der Waals surface area (Å²) >= 11 is 0. The zero-order valence-electron chi connectivity index (χ0n) is 32.0. The molecule has 0 amide bonds. The number of hydrogen-bond donors (Lipinski definition) is 0. The number of piperidine rings is 2. The average molecular weight is 687 g/mol. The van der Waals surface area contributed by atoms with Crippen LogP contribution in [0, 0.1) is 46.3 Å². The second-order valence-corrected chi connectivity index (χ2v) is 19.0. The Morgan fingerprint density at radius 3 is 1.96 bits per heavy atom. The quantitative estimate of drug-likeness (QED) is 0.141. The van der Waals surface area contributed by atoms with Crippen LogP contribution in [0.15, 0.2) is 0 Å². The summed E-state index contributed by atoms with van der Waals surface area (Å²) in [7, 11) is 5.94. The SMILES string of the molecule is COC(=O)CC[C@@H](C)[C@H]1CC[C@H]2[C@@H]3CC[C@@H]4C[C@H](OC(=O)C[N+]5(C)CCCCC5)CC[C@]4(C)[C@H]3C[C@H](OC(=O)C[N+]3(C)CCCCC3)[C@]12C. The summed E-state index contributed by atoms with van der Waals surface area (Å²) in [5.41, 5.74) is 0.0828. The van der Waals surface area contributed by atoms with Gasteiger partial charge in [-0.1, -0.05) is 20.8 Å². The Kier molecular flexibility index (Phi) is 11.2. The fourth-order valence-electron chi connectivity index (χ4n) is 13.0. The lowest BCUT2D eigenvalue weighted by Crippen LogP contribution is -2.60. The molecule has 8 nitrogen and oxygen atoms in total. The highest BCUT2D eigenvalue weighted by atomic mass is 16.6. The molecule has 0 N–H and O–H groups in total. The van der Waals surface area contributed by atoms with Crippen molar-refractivity contribution < 1.29 is 37.6 Å². The Bertz CT molecular complexity index is 1190. The lowest BCUT2D eigenvalue weighted by molar-refractivity contribution is -0.907. The molecule has 2 aliphatic heterocycles. The average Bonchev–Trinajstić information content (AvgIpc) is 3.42. The molecule has 4 saturated carbocycles. The van der Waals surface area contributed by atoms with Crippen molar-refractivity contribution in [3.8, 4) is 0 Å². The largest absolute Gasteiger partial charge is 0.469 e. The molecule has 49 heavy (non-hydrogen) atoms. The third-order valence-corrected chi connectivity index (χ3v) is 15.9. The van der Waals surface area contributed by atoms with E-state index in [2.05, 4.69) is 34.9 Å². The molecule has 10 atom stereocenters. The molecule has 0 aromatic carbocycles. The first kappa shape index (κ1) is 37.1. The van der Waals surface area contributed by atoms with Crippen molar-refractivity contribution in [3.63, 3.8) is 0 Å². The smallest absolute Gasteiger partial charge is 0.362 e. The van der Waals surface area contributed by atoms with Crippen LogP contribution in [0.2, 0.25) is 0 Å². The molecule has 0 spiro atoms. The summed E-state index contributed by atoms with van der Waals surface area (Å²) in [5, 5.41) is 0. The number of rotatable bonds is 10. The maximum absolute atomic E-state index is 13.9. The number of ether oxygens (including phenoxy) is 3. The van der Waals surface area contributed by atoms with Gasteiger partial charge in [0.25, 0.3) is 0 Å². The fraction of sp³-hybridized carbons (Fsp3) is 0.927. The third-order valence-electron chi connectivity index (χ3n) is 15.9. The predicted octanol–water partition coefficient (Wildman–Crippen LogP) is 6.93. The Hall–Kier alpha value is -1.67. The molecule has 6 rings (SSSR count). The molecule has 0 bridgehead atoms. The summed E-state index contributed by atoms with van der Waals surface area (Å²) < 4.78 is 19.7. The van der Waals surface area contributed by atoms with Crippen LogP contribution >= 0.6 is 0 Å². The van der Waals surface area contributed by atoms with Crippen molar-refractivity contribution in [1.29, 1.82) is 0 Å². The van der Waals surface area contributed by atoms with Gasteiger partial charge in [0.2, 0.25) is 0 Å². The van der Waals surface area contributed by atoms with Gasteiger partial charge in [0.1, 0.15) is 12.2 Å². The molecule has 2 saturated heterocycles. The summed E-state index contributed by atoms with van der Waals surface area (Å²) in [6.45, 7) is 12.6. The number of nitrogens with zero attached hydrogens (tertiary/aromatic N) is 2. The van der Waals surface area contributed by atoms with Gasteiger partial charge in [-0.3, -0.25) is 4.79 Å². The standard InChI is InChI=1S/C41H70N2O6/c1-29(13-18-37(44)47-6)33-16-17-34-32-15-14-30-25-31(48-38(45)27-42(4)21-9-7-10-22-42)19-20-40(30,2)35(32)26-36(41(33,34)3)49-39(46)28-43(5)23-11-8-12-24-43/h29-36H,7-28H2,1-6H3/q+2/t29-,30-,31-,32+,33-,34+,35+,36+,40+,41-/m1/s1. The minimum atomic E-state index is -0.133. The highest BCUT2D eigenvalue weighted by Gasteiger charge is 2.65. The molecule has 8 heteroatoms. The zero-order chi connectivity index (χ0) is 35.0. The van der Waals surface area contributed by atoms with Crippen LogP contribution in [0.25, 0.3) is 0 Å². The maximum atomic E-state index is 13.9. The van der Waals surface area contributed by atoms with Crippen LogP contribution in [-0.4, -0.2) is 99.6 Å². The second kappa shape index (κ2) is 14.8. The van der Waals surface area contributed by atoms with Crippen LogP contribution in [0.1, 0.15) is 124 Å². The summed E-state index contributed by atoms with van der Waals surface area (Å²) in [4.78, 5) is 39.3. The van der Waals surface area contributed by atoms with Gasteiger partial charge in [-0.05, 0) is 137 Å². The monoisotopic (exact) mass is 687 g/mol. The van der Waals surface area contributed by atoms with Crippen molar-refractivity contribution in [2.45, 2.75) is 136 Å². The number of likely N-dealkylation sites (tertiary alicyclic amines) is 2. The highest BCUT2D eigenvalue weighted by molar-refractivity contribution is 5.71. The molecular weight excluding hydrogens is 616 g/mol. The number of hydrogen-bond acceptors (Lipinski definition) is 6. The number of esters is 3. The normalized spacial score (nSPS) is 40.2. The van der Waals surface area contributed by atoms with Crippen molar-refractivity contribution in [3.05, 3.63) is 0 Å². The number of likely N-dealkylation sites (N-methyl/N-ethyl adjacent to an activating group) is 2. The first-order valence-electron chi connectivity index (χ1n) is 20.4. The highest BCUT2D eigenvalue weighted by Crippen LogP contribution is 2.69. The number of carbonyl (C=O) groups is 3. The third kappa shape index (κ3) is 7.62. The Morgan fingerprint density at radius 2 is 1.35 bits per heavy atom. The van der Waals surface area contributed by atoms with Gasteiger partial charge in [0.05, 0.1) is 47.4 Å². The summed E-state index contributed by atoms with van der Waals surface area (Å²) in [5.74, 6) is 2.84. The minimum Gasteiger partial charge on any atom is -0.469 e. The Balaban J connectivity index is 1.18. The molecular formula is C41H70N2O6+2. The molecule has 0 aromatic rings. The fourth-order valence-corrected chi connectivity index (χ4v) is 13.0. The Morgan fingerprint density at radius 1 is 0.735 bits per heavy atom. The van der Waals surface area contributed by atoms with Crippen LogP contribution in [0.5, 0.6) is 0 Å². The van der Waals surface area contributed by atoms with Gasteiger partial charge in [0.15, 0.2) is 13.1 Å². The molecule has 6 fully saturated rings. The van der Waals surface area contributed by atoms with Crippen LogP contribution < -0.4 is 0 Å². The number of fused-ring (bicyclic) bond motifs is 5. The van der Waals surface area contributed by atoms with Gasteiger partial charge < -0.3 is 23.2 Å². The zero-order valence-corrected chi connectivity index (χ0v) is 32.0. The number of carbonyl (C=O) groups excluding carboxylic acids is 3. The van der Waals surface area contributed by atoms with Crippen LogP contribution in [-0.2, 0) is 28.6 Å². The van der Waals surface area contributed by atoms with E-state index < -0.39 is 0 Å². The van der Waals surface area contributed by atoms with E-state index in [1.54, 1.807) is 0 Å². The van der Waals surface area contributed by atoms with Gasteiger partial charge in [-0.15, -0.1) is 0 Å².